The number of nitrogens with two attached hydrogens (primary N) is 1. The van der Waals surface area contributed by atoms with E-state index in [2.05, 4.69) is 20.3 Å². The number of anilines is 1. The number of amides is 1. The van der Waals surface area contributed by atoms with Crippen molar-refractivity contribution in [3.05, 3.63) is 72.2 Å². The maximum Gasteiger partial charge on any atom is 0.416 e. The lowest BCUT2D eigenvalue weighted by atomic mass is 9.98. The van der Waals surface area contributed by atoms with Gasteiger partial charge in [-0.15, -0.1) is 0 Å². The molecule has 3 heterocycles. The van der Waals surface area contributed by atoms with E-state index in [0.29, 0.717) is 22.6 Å². The van der Waals surface area contributed by atoms with Gasteiger partial charge in [0, 0.05) is 48.2 Å². The lowest BCUT2D eigenvalue weighted by molar-refractivity contribution is -0.137. The Morgan fingerprint density at radius 2 is 1.91 bits per heavy atom. The first-order valence-electron chi connectivity index (χ1n) is 9.56. The van der Waals surface area contributed by atoms with Gasteiger partial charge in [0.2, 0.25) is 5.91 Å². The fourth-order valence-electron chi connectivity index (χ4n) is 3.39. The van der Waals surface area contributed by atoms with Crippen LogP contribution in [0.1, 0.15) is 11.1 Å². The number of halogens is 3. The summed E-state index contributed by atoms with van der Waals surface area (Å²) in [4.78, 5) is 22.7. The molecule has 4 aromatic rings. The molecule has 0 atom stereocenters. The van der Waals surface area contributed by atoms with Gasteiger partial charge < -0.3 is 16.0 Å². The highest BCUT2D eigenvalue weighted by atomic mass is 19.4. The second-order valence-electron chi connectivity index (χ2n) is 7.08. The Morgan fingerprint density at radius 3 is 2.62 bits per heavy atom. The second kappa shape index (κ2) is 8.18. The molecule has 0 aliphatic carbocycles. The van der Waals surface area contributed by atoms with Crippen molar-refractivity contribution < 1.29 is 18.0 Å². The number of hydrogen-bond donors (Lipinski definition) is 3. The van der Waals surface area contributed by atoms with E-state index in [4.69, 9.17) is 5.73 Å². The summed E-state index contributed by atoms with van der Waals surface area (Å²) in [6.45, 7) is 0. The Morgan fingerprint density at radius 1 is 1.09 bits per heavy atom. The zero-order chi connectivity index (χ0) is 22.9. The van der Waals surface area contributed by atoms with E-state index in [0.717, 1.165) is 34.7 Å². The summed E-state index contributed by atoms with van der Waals surface area (Å²) in [6.07, 6.45) is 2.69. The van der Waals surface area contributed by atoms with E-state index < -0.39 is 17.6 Å². The Kier molecular flexibility index (Phi) is 5.40. The van der Waals surface area contributed by atoms with Crippen molar-refractivity contribution in [2.24, 2.45) is 5.73 Å². The minimum Gasteiger partial charge on any atom is -0.373 e. The van der Waals surface area contributed by atoms with Gasteiger partial charge in [-0.3, -0.25) is 4.79 Å². The number of H-pyrrole nitrogens is 1. The number of pyridine rings is 2. The van der Waals surface area contributed by atoms with E-state index in [1.807, 2.05) is 12.1 Å². The summed E-state index contributed by atoms with van der Waals surface area (Å²) in [5, 5.41) is 3.73. The molecule has 4 N–H and O–H groups in total. The van der Waals surface area contributed by atoms with Gasteiger partial charge in [-0.2, -0.15) is 13.2 Å². The maximum atomic E-state index is 13.5. The number of carbonyl (C=O) groups is 1. The number of rotatable bonds is 5. The van der Waals surface area contributed by atoms with Gasteiger partial charge in [0.15, 0.2) is 0 Å². The molecule has 0 aliphatic rings. The number of nitrogens with zero attached hydrogens (tertiary/aromatic N) is 2. The molecular formula is C23H18F3N5O. The van der Waals surface area contributed by atoms with Crippen LogP contribution in [0, 0.1) is 0 Å². The molecule has 1 amide bonds. The lowest BCUT2D eigenvalue weighted by Gasteiger charge is -2.11. The molecule has 6 nitrogen and oxygen atoms in total. The molecule has 3 aromatic heterocycles. The van der Waals surface area contributed by atoms with Crippen LogP contribution in [-0.2, 0) is 11.0 Å². The van der Waals surface area contributed by atoms with Crippen LogP contribution in [0.25, 0.3) is 39.4 Å². The van der Waals surface area contributed by atoms with Crippen LogP contribution in [0.15, 0.2) is 61.1 Å². The summed E-state index contributed by atoms with van der Waals surface area (Å²) in [5.74, 6) is -0.0629. The minimum absolute atomic E-state index is 0.204. The topological polar surface area (TPSA) is 96.7 Å². The predicted molar refractivity (Wildman–Crippen MR) is 118 cm³/mol. The first kappa shape index (κ1) is 21.1. The third-order valence-corrected chi connectivity index (χ3v) is 4.91. The van der Waals surface area contributed by atoms with Gasteiger partial charge >= 0.3 is 6.18 Å². The number of aromatic nitrogens is 3. The van der Waals surface area contributed by atoms with Crippen molar-refractivity contribution in [1.29, 1.82) is 0 Å². The highest BCUT2D eigenvalue weighted by molar-refractivity contribution is 5.96. The van der Waals surface area contributed by atoms with E-state index in [1.54, 1.807) is 31.6 Å². The van der Waals surface area contributed by atoms with Crippen molar-refractivity contribution in [2.75, 3.05) is 12.4 Å². The Labute approximate surface area is 181 Å². The van der Waals surface area contributed by atoms with Crippen molar-refractivity contribution in [3.63, 3.8) is 0 Å². The van der Waals surface area contributed by atoms with Crippen molar-refractivity contribution >= 4 is 28.8 Å². The molecule has 0 aliphatic heterocycles. The SMILES string of the molecule is CNc1cc(-c2c[nH]c3ncc(-c4cc(/C=C/C(N)=O)cc(C(F)(F)F)c4)cc23)ccn1. The standard InChI is InChI=1S/C23H18F3N5O/c1-28-21-10-14(4-5-29-21)19-12-31-22-18(19)9-16(11-30-22)15-6-13(2-3-20(27)32)7-17(8-15)23(24,25)26/h2-12H,1H3,(H2,27,32)(H,28,29)(H,30,31)/b3-2+. The molecule has 9 heteroatoms. The monoisotopic (exact) mass is 437 g/mol. The highest BCUT2D eigenvalue weighted by Crippen LogP contribution is 2.36. The molecule has 0 saturated heterocycles. The van der Waals surface area contributed by atoms with Crippen LogP contribution in [0.3, 0.4) is 0 Å². The molecule has 0 fully saturated rings. The number of fused-ring (bicyclic) bond motifs is 1. The fourth-order valence-corrected chi connectivity index (χ4v) is 3.39. The fraction of sp³-hybridized carbons (Fsp3) is 0.0870. The zero-order valence-corrected chi connectivity index (χ0v) is 16.9. The predicted octanol–water partition coefficient (Wildman–Crippen LogP) is 4.85. The van der Waals surface area contributed by atoms with E-state index in [9.17, 15) is 18.0 Å². The third-order valence-electron chi connectivity index (χ3n) is 4.91. The molecule has 162 valence electrons. The number of aromatic amines is 1. The average molecular weight is 437 g/mol. The van der Waals surface area contributed by atoms with Gasteiger partial charge in [0.05, 0.1) is 5.56 Å². The first-order valence-corrected chi connectivity index (χ1v) is 9.56. The second-order valence-corrected chi connectivity index (χ2v) is 7.08. The van der Waals surface area contributed by atoms with E-state index in [1.165, 1.54) is 12.3 Å². The van der Waals surface area contributed by atoms with Gasteiger partial charge in [0.25, 0.3) is 0 Å². The van der Waals surface area contributed by atoms with Crippen LogP contribution >= 0.6 is 0 Å². The normalized spacial score (nSPS) is 11.9. The average Bonchev–Trinajstić information content (AvgIpc) is 3.20. The molecule has 4 rings (SSSR count). The van der Waals surface area contributed by atoms with Crippen molar-refractivity contribution in [3.8, 4) is 22.3 Å². The van der Waals surface area contributed by atoms with Crippen LogP contribution in [-0.4, -0.2) is 27.9 Å². The third kappa shape index (κ3) is 4.31. The molecular weight excluding hydrogens is 419 g/mol. The molecule has 0 bridgehead atoms. The number of hydrogen-bond acceptors (Lipinski definition) is 4. The van der Waals surface area contributed by atoms with Gasteiger partial charge in [-0.25, -0.2) is 9.97 Å². The summed E-state index contributed by atoms with van der Waals surface area (Å²) in [5.41, 5.74) is 7.60. The minimum atomic E-state index is -4.55. The Balaban J connectivity index is 1.86. The zero-order valence-electron chi connectivity index (χ0n) is 16.9. The van der Waals surface area contributed by atoms with Crippen molar-refractivity contribution in [1.82, 2.24) is 15.0 Å². The Hall–Kier alpha value is -4.14. The largest absolute Gasteiger partial charge is 0.416 e. The molecule has 1 aromatic carbocycles. The van der Waals surface area contributed by atoms with Crippen LogP contribution < -0.4 is 11.1 Å². The van der Waals surface area contributed by atoms with Crippen LogP contribution in [0.5, 0.6) is 0 Å². The lowest BCUT2D eigenvalue weighted by Crippen LogP contribution is -2.06. The highest BCUT2D eigenvalue weighted by Gasteiger charge is 2.31. The molecule has 0 spiro atoms. The number of primary amides is 1. The Bertz CT molecular complexity index is 1340. The quantitative estimate of drug-likeness (QED) is 0.389. The maximum absolute atomic E-state index is 13.5. The summed E-state index contributed by atoms with van der Waals surface area (Å²) in [7, 11) is 1.76. The van der Waals surface area contributed by atoms with Gasteiger partial charge in [0.1, 0.15) is 11.5 Å². The first-order chi connectivity index (χ1) is 15.2. The van der Waals surface area contributed by atoms with Gasteiger partial charge in [-0.05, 0) is 59.2 Å². The number of carbonyl (C=O) groups excluding carboxylic acids is 1. The smallest absolute Gasteiger partial charge is 0.373 e. The molecule has 0 radical (unpaired) electrons. The molecule has 0 unspecified atom stereocenters. The summed E-state index contributed by atoms with van der Waals surface area (Å²) in [6, 6.07) is 9.06. The van der Waals surface area contributed by atoms with E-state index in [-0.39, 0.29) is 5.56 Å². The van der Waals surface area contributed by atoms with Crippen LogP contribution in [0.2, 0.25) is 0 Å². The summed E-state index contributed by atoms with van der Waals surface area (Å²) >= 11 is 0. The molecule has 32 heavy (non-hydrogen) atoms. The number of alkyl halides is 3. The number of nitrogens with one attached hydrogen (secondary N) is 2. The van der Waals surface area contributed by atoms with Crippen molar-refractivity contribution in [2.45, 2.75) is 6.18 Å². The molecule has 0 saturated carbocycles. The summed E-state index contributed by atoms with van der Waals surface area (Å²) < 4.78 is 40.4. The number of benzene rings is 1. The van der Waals surface area contributed by atoms with E-state index >= 15 is 0 Å². The van der Waals surface area contributed by atoms with Gasteiger partial charge in [-0.1, -0.05) is 0 Å². The van der Waals surface area contributed by atoms with Crippen LogP contribution in [0.4, 0.5) is 19.0 Å².